The van der Waals surface area contributed by atoms with Crippen molar-refractivity contribution in [3.05, 3.63) is 12.7 Å². The van der Waals surface area contributed by atoms with Gasteiger partial charge >= 0.3 is 18.6 Å². The van der Waals surface area contributed by atoms with Gasteiger partial charge < -0.3 is 16.5 Å². The summed E-state index contributed by atoms with van der Waals surface area (Å²) in [7, 11) is 5.36. The van der Waals surface area contributed by atoms with E-state index >= 15 is 0 Å². The molecular formula is C8H15BO2V. The maximum absolute atomic E-state index is 9.44. The molecule has 0 aliphatic heterocycles. The molecule has 1 unspecified atom stereocenters. The van der Waals surface area contributed by atoms with E-state index in [0.29, 0.717) is 0 Å². The minimum atomic E-state index is -0.664. The van der Waals surface area contributed by atoms with E-state index < -0.39 is 11.5 Å². The SMILES string of the molecule is [B][CH-]C(C)(CC)[C@@H](O)[CH-]CO.[V+2]. The Kier molecular flexibility index (Phi) is 8.81. The van der Waals surface area contributed by atoms with Crippen LogP contribution in [-0.4, -0.2) is 30.8 Å². The number of hydrogen-bond acceptors (Lipinski definition) is 2. The van der Waals surface area contributed by atoms with Crippen LogP contribution in [0.3, 0.4) is 0 Å². The summed E-state index contributed by atoms with van der Waals surface area (Å²) in [6.07, 6.45) is 3.00. The maximum Gasteiger partial charge on any atom is 2.00 e. The number of hydrogen-bond donors (Lipinski definition) is 2. The Morgan fingerprint density at radius 2 is 2.08 bits per heavy atom. The second-order valence-corrected chi connectivity index (χ2v) is 2.89. The van der Waals surface area contributed by atoms with E-state index in [0.717, 1.165) is 6.42 Å². The third-order valence-electron chi connectivity index (χ3n) is 2.15. The molecule has 0 aromatic carbocycles. The quantitative estimate of drug-likeness (QED) is 0.500. The van der Waals surface area contributed by atoms with E-state index in [1.807, 2.05) is 13.8 Å². The van der Waals surface area contributed by atoms with Crippen LogP contribution in [0.1, 0.15) is 20.3 Å². The van der Waals surface area contributed by atoms with Crippen molar-refractivity contribution in [2.45, 2.75) is 26.4 Å². The fourth-order valence-corrected chi connectivity index (χ4v) is 0.795. The third kappa shape index (κ3) is 3.99. The van der Waals surface area contributed by atoms with Gasteiger partial charge in [0.05, 0.1) is 0 Å². The van der Waals surface area contributed by atoms with E-state index in [1.165, 1.54) is 12.7 Å². The van der Waals surface area contributed by atoms with Crippen LogP contribution in [0.25, 0.3) is 0 Å². The minimum Gasteiger partial charge on any atom is -0.428 e. The van der Waals surface area contributed by atoms with Crippen molar-refractivity contribution in [1.82, 2.24) is 0 Å². The van der Waals surface area contributed by atoms with E-state index in [4.69, 9.17) is 13.0 Å². The summed E-state index contributed by atoms with van der Waals surface area (Å²) in [6.45, 7) is 3.67. The minimum absolute atomic E-state index is 0. The fraction of sp³-hybridized carbons (Fsp3) is 0.750. The zero-order valence-electron chi connectivity index (χ0n) is 7.57. The molecule has 0 spiro atoms. The summed E-state index contributed by atoms with van der Waals surface area (Å²) in [5.74, 6) is 0. The van der Waals surface area contributed by atoms with Gasteiger partial charge in [0.2, 0.25) is 0 Å². The molecular weight excluding hydrogens is 190 g/mol. The Hall–Kier alpha value is 0.569. The summed E-state index contributed by atoms with van der Waals surface area (Å²) in [5, 5.41) is 18.0. The summed E-state index contributed by atoms with van der Waals surface area (Å²) < 4.78 is 0. The zero-order valence-corrected chi connectivity index (χ0v) is 8.96. The molecule has 0 aromatic rings. The van der Waals surface area contributed by atoms with Gasteiger partial charge in [-0.05, 0) is 0 Å². The van der Waals surface area contributed by atoms with Crippen molar-refractivity contribution in [2.75, 3.05) is 6.61 Å². The van der Waals surface area contributed by atoms with Gasteiger partial charge in [-0.3, -0.25) is 6.42 Å². The average Bonchev–Trinajstić information content (AvgIpc) is 2.03. The van der Waals surface area contributed by atoms with E-state index in [-0.39, 0.29) is 25.2 Å². The number of aliphatic hydroxyl groups is 2. The first-order valence-electron chi connectivity index (χ1n) is 3.79. The Bertz CT molecular complexity index is 107. The van der Waals surface area contributed by atoms with E-state index in [9.17, 15) is 5.11 Å². The fourth-order valence-electron chi connectivity index (χ4n) is 0.795. The van der Waals surface area contributed by atoms with Crippen LogP contribution in [0.2, 0.25) is 0 Å². The van der Waals surface area contributed by atoms with E-state index in [2.05, 4.69) is 0 Å². The molecule has 0 fully saturated rings. The van der Waals surface area contributed by atoms with Crippen molar-refractivity contribution in [3.63, 3.8) is 0 Å². The molecule has 0 rings (SSSR count). The van der Waals surface area contributed by atoms with Crippen LogP contribution in [0.5, 0.6) is 0 Å². The van der Waals surface area contributed by atoms with Gasteiger partial charge in [0.25, 0.3) is 0 Å². The predicted molar refractivity (Wildman–Crippen MR) is 45.8 cm³/mol. The molecule has 0 heterocycles. The van der Waals surface area contributed by atoms with Gasteiger partial charge in [0.1, 0.15) is 0 Å². The Labute approximate surface area is 88.0 Å². The van der Waals surface area contributed by atoms with Crippen LogP contribution < -0.4 is 0 Å². The van der Waals surface area contributed by atoms with Crippen LogP contribution in [0.4, 0.5) is 0 Å². The first-order valence-corrected chi connectivity index (χ1v) is 3.79. The Morgan fingerprint density at radius 1 is 1.58 bits per heavy atom. The average molecular weight is 205 g/mol. The van der Waals surface area contributed by atoms with Gasteiger partial charge in [-0.2, -0.15) is 13.3 Å². The third-order valence-corrected chi connectivity index (χ3v) is 2.15. The molecule has 2 atom stereocenters. The maximum atomic E-state index is 9.44. The summed E-state index contributed by atoms with van der Waals surface area (Å²) in [4.78, 5) is 0. The van der Waals surface area contributed by atoms with Gasteiger partial charge in [0.15, 0.2) is 0 Å². The molecule has 67 valence electrons. The molecule has 2 N–H and O–H groups in total. The Morgan fingerprint density at radius 3 is 2.33 bits per heavy atom. The summed E-state index contributed by atoms with van der Waals surface area (Å²) in [6, 6.07) is 0. The molecule has 0 saturated carbocycles. The zero-order chi connectivity index (χ0) is 8.91. The van der Waals surface area contributed by atoms with Gasteiger partial charge in [-0.1, -0.05) is 33.0 Å². The standard InChI is InChI=1S/C8H15BO2.V/c1-3-8(2,6-9)7(11)4-5-10;/h4,6-7,10-11H,3,5H2,1-2H3;/q-2;+2/t7-,8?;/m0./s1. The molecule has 0 aromatic heterocycles. The predicted octanol–water partition coefficient (Wildman–Crippen LogP) is 0.288. The second-order valence-electron chi connectivity index (χ2n) is 2.89. The molecule has 2 nitrogen and oxygen atoms in total. The van der Waals surface area contributed by atoms with Gasteiger partial charge in [-0.15, -0.1) is 0 Å². The smallest absolute Gasteiger partial charge is 0.428 e. The Balaban J connectivity index is 0. The number of rotatable bonds is 5. The topological polar surface area (TPSA) is 40.5 Å². The van der Waals surface area contributed by atoms with Crippen molar-refractivity contribution >= 4 is 7.85 Å². The van der Waals surface area contributed by atoms with Crippen molar-refractivity contribution in [2.24, 2.45) is 5.41 Å². The van der Waals surface area contributed by atoms with E-state index in [1.54, 1.807) is 0 Å². The van der Waals surface area contributed by atoms with Gasteiger partial charge in [-0.25, -0.2) is 0 Å². The van der Waals surface area contributed by atoms with Crippen LogP contribution in [0.15, 0.2) is 0 Å². The molecule has 0 aliphatic carbocycles. The molecule has 12 heavy (non-hydrogen) atoms. The summed E-state index contributed by atoms with van der Waals surface area (Å²) in [5.41, 5.74) is -0.414. The molecule has 4 heteroatoms. The van der Waals surface area contributed by atoms with Crippen molar-refractivity contribution < 1.29 is 28.8 Å². The second kappa shape index (κ2) is 7.02. The first-order chi connectivity index (χ1) is 5.10. The van der Waals surface area contributed by atoms with Crippen molar-refractivity contribution in [1.29, 1.82) is 0 Å². The van der Waals surface area contributed by atoms with Gasteiger partial charge in [0, 0.05) is 0 Å². The molecule has 3 radical (unpaired) electrons. The molecule has 0 bridgehead atoms. The first kappa shape index (κ1) is 15.1. The van der Waals surface area contributed by atoms with Crippen LogP contribution >= 0.6 is 0 Å². The molecule has 0 amide bonds. The monoisotopic (exact) mass is 205 g/mol. The summed E-state index contributed by atoms with van der Waals surface area (Å²) >= 11 is 0. The number of aliphatic hydroxyl groups excluding tert-OH is 2. The molecule has 0 aliphatic rings. The normalized spacial score (nSPS) is 17.7. The van der Waals surface area contributed by atoms with Crippen LogP contribution in [0, 0.1) is 18.2 Å². The van der Waals surface area contributed by atoms with Crippen LogP contribution in [-0.2, 0) is 18.6 Å². The van der Waals surface area contributed by atoms with Crippen molar-refractivity contribution in [3.8, 4) is 0 Å². The largest absolute Gasteiger partial charge is 2.00 e. The molecule has 0 saturated heterocycles.